The predicted molar refractivity (Wildman–Crippen MR) is 128 cm³/mol. The molecule has 4 rings (SSSR count). The van der Waals surface area contributed by atoms with E-state index in [9.17, 15) is 18.5 Å². The minimum Gasteiger partial charge on any atom is -0.489 e. The molecule has 3 aromatic rings. The Morgan fingerprint density at radius 2 is 1.97 bits per heavy atom. The third kappa shape index (κ3) is 5.59. The molecule has 35 heavy (non-hydrogen) atoms. The van der Waals surface area contributed by atoms with E-state index in [4.69, 9.17) is 14.2 Å². The van der Waals surface area contributed by atoms with Gasteiger partial charge < -0.3 is 14.2 Å². The van der Waals surface area contributed by atoms with Crippen molar-refractivity contribution in [2.24, 2.45) is 0 Å². The van der Waals surface area contributed by atoms with Gasteiger partial charge in [-0.2, -0.15) is 14.6 Å². The van der Waals surface area contributed by atoms with Crippen LogP contribution in [0.5, 0.6) is 17.2 Å². The van der Waals surface area contributed by atoms with Crippen LogP contribution in [0.2, 0.25) is 0 Å². The zero-order chi connectivity index (χ0) is 25.0. The van der Waals surface area contributed by atoms with Crippen LogP contribution in [0, 0.1) is 11.3 Å². The second-order valence-electron chi connectivity index (χ2n) is 7.65. The lowest BCUT2D eigenvalue weighted by molar-refractivity contribution is -0.112. The third-order valence-electron chi connectivity index (χ3n) is 4.90. The highest BCUT2D eigenvalue weighted by Gasteiger charge is 2.25. The molecule has 0 bridgehead atoms. The highest BCUT2D eigenvalue weighted by Crippen LogP contribution is 2.32. The maximum atomic E-state index is 12.5. The van der Waals surface area contributed by atoms with Gasteiger partial charge in [0.05, 0.1) is 5.25 Å². The van der Waals surface area contributed by atoms with Crippen molar-refractivity contribution in [1.82, 2.24) is 9.36 Å². The van der Waals surface area contributed by atoms with Gasteiger partial charge in [-0.25, -0.2) is 8.42 Å². The highest BCUT2D eigenvalue weighted by atomic mass is 32.2. The van der Waals surface area contributed by atoms with Crippen LogP contribution in [0.15, 0.2) is 53.2 Å². The first-order valence-corrected chi connectivity index (χ1v) is 12.7. The van der Waals surface area contributed by atoms with Crippen LogP contribution in [0.3, 0.4) is 0 Å². The number of ether oxygens (including phenoxy) is 3. The fourth-order valence-electron chi connectivity index (χ4n) is 2.92. The molecule has 0 spiro atoms. The van der Waals surface area contributed by atoms with Gasteiger partial charge in [0.1, 0.15) is 24.0 Å². The Balaban J connectivity index is 1.38. The fourth-order valence-corrected chi connectivity index (χ4v) is 4.62. The molecule has 1 aromatic heterocycles. The summed E-state index contributed by atoms with van der Waals surface area (Å²) >= 11 is 0.728. The van der Waals surface area contributed by atoms with E-state index in [0.717, 1.165) is 17.1 Å². The normalized spacial score (nSPS) is 12.9. The largest absolute Gasteiger partial charge is 0.489 e. The van der Waals surface area contributed by atoms with E-state index in [1.807, 2.05) is 24.3 Å². The number of hydrogen-bond acceptors (Lipinski definition) is 10. The minimum absolute atomic E-state index is 0.0114. The van der Waals surface area contributed by atoms with E-state index in [2.05, 4.69) is 14.7 Å². The van der Waals surface area contributed by atoms with Gasteiger partial charge in [-0.1, -0.05) is 18.2 Å². The second kappa shape index (κ2) is 10.1. The first-order chi connectivity index (χ1) is 16.8. The van der Waals surface area contributed by atoms with Gasteiger partial charge in [0.15, 0.2) is 11.5 Å². The minimum atomic E-state index is -3.66. The maximum absolute atomic E-state index is 12.5. The third-order valence-corrected chi connectivity index (χ3v) is 7.58. The molecule has 2 heterocycles. The van der Waals surface area contributed by atoms with Crippen LogP contribution in [0.4, 0.5) is 5.13 Å². The number of carbonyl (C=O) groups excluding carboxylic acids is 1. The van der Waals surface area contributed by atoms with Crippen molar-refractivity contribution in [3.05, 3.63) is 59.2 Å². The Kier molecular flexibility index (Phi) is 6.99. The number of amides is 1. The van der Waals surface area contributed by atoms with Crippen molar-refractivity contribution in [1.29, 1.82) is 5.26 Å². The lowest BCUT2D eigenvalue weighted by Crippen LogP contribution is -2.16. The van der Waals surface area contributed by atoms with Gasteiger partial charge >= 0.3 is 0 Å². The van der Waals surface area contributed by atoms with Gasteiger partial charge in [-0.3, -0.25) is 10.1 Å². The number of aromatic nitrogens is 2. The molecule has 0 atom stereocenters. The topological polar surface area (TPSA) is 140 Å². The zero-order valence-electron chi connectivity index (χ0n) is 18.7. The molecule has 0 radical (unpaired) electrons. The van der Waals surface area contributed by atoms with Crippen LogP contribution in [-0.4, -0.2) is 35.7 Å². The summed E-state index contributed by atoms with van der Waals surface area (Å²) in [5, 5.41) is 10.8. The van der Waals surface area contributed by atoms with Crippen molar-refractivity contribution in [3.8, 4) is 23.3 Å². The number of sulfone groups is 1. The molecule has 0 unspecified atom stereocenters. The quantitative estimate of drug-likeness (QED) is 0.354. The molecule has 0 saturated heterocycles. The Morgan fingerprint density at radius 3 is 2.69 bits per heavy atom. The number of anilines is 1. The molecule has 1 N–H and O–H groups in total. The molecule has 0 aliphatic carbocycles. The van der Waals surface area contributed by atoms with Crippen LogP contribution < -0.4 is 19.5 Å². The van der Waals surface area contributed by atoms with Crippen molar-refractivity contribution in [3.63, 3.8) is 0 Å². The molecule has 1 aliphatic rings. The average molecular weight is 513 g/mol. The fraction of sp³-hybridized carbons (Fsp3) is 0.217. The van der Waals surface area contributed by atoms with Gasteiger partial charge in [0.2, 0.25) is 21.8 Å². The van der Waals surface area contributed by atoms with E-state index >= 15 is 0 Å². The van der Waals surface area contributed by atoms with Crippen molar-refractivity contribution in [2.45, 2.75) is 30.9 Å². The lowest BCUT2D eigenvalue weighted by Gasteiger charge is -2.07. The Labute approximate surface area is 205 Å². The summed E-state index contributed by atoms with van der Waals surface area (Å²) in [6, 6.07) is 14.3. The number of benzene rings is 2. The summed E-state index contributed by atoms with van der Waals surface area (Å²) in [7, 11) is -3.66. The van der Waals surface area contributed by atoms with Gasteiger partial charge in [0.25, 0.3) is 11.1 Å². The monoisotopic (exact) mass is 512 g/mol. The molecule has 1 aliphatic heterocycles. The van der Waals surface area contributed by atoms with Crippen LogP contribution >= 0.6 is 11.5 Å². The van der Waals surface area contributed by atoms with Gasteiger partial charge in [-0.05, 0) is 55.3 Å². The van der Waals surface area contributed by atoms with Crippen LogP contribution in [0.25, 0.3) is 6.08 Å². The first kappa shape index (κ1) is 24.2. The number of nitrogens with one attached hydrogen (secondary N) is 1. The van der Waals surface area contributed by atoms with Gasteiger partial charge in [0, 0.05) is 11.5 Å². The summed E-state index contributed by atoms with van der Waals surface area (Å²) < 4.78 is 44.5. The number of nitriles is 1. The van der Waals surface area contributed by atoms with Crippen molar-refractivity contribution >= 4 is 38.5 Å². The van der Waals surface area contributed by atoms with Crippen molar-refractivity contribution in [2.75, 3.05) is 12.1 Å². The van der Waals surface area contributed by atoms with Gasteiger partial charge in [-0.15, -0.1) is 0 Å². The predicted octanol–water partition coefficient (Wildman–Crippen LogP) is 3.57. The zero-order valence-corrected chi connectivity index (χ0v) is 20.4. The Hall–Kier alpha value is -3.95. The second-order valence-corrected chi connectivity index (χ2v) is 10.8. The van der Waals surface area contributed by atoms with Crippen molar-refractivity contribution < 1.29 is 27.4 Å². The summed E-state index contributed by atoms with van der Waals surface area (Å²) in [4.78, 5) is 16.4. The number of nitrogens with zero attached hydrogens (tertiary/aromatic N) is 3. The summed E-state index contributed by atoms with van der Waals surface area (Å²) in [6.07, 6.45) is 1.41. The number of rotatable bonds is 8. The van der Waals surface area contributed by atoms with Crippen LogP contribution in [-0.2, 0) is 21.2 Å². The number of fused-ring (bicyclic) bond motifs is 1. The van der Waals surface area contributed by atoms with E-state index in [-0.39, 0.29) is 22.7 Å². The van der Waals surface area contributed by atoms with E-state index in [0.29, 0.717) is 29.4 Å². The first-order valence-electron chi connectivity index (χ1n) is 10.4. The average Bonchev–Trinajstić information content (AvgIpc) is 3.51. The number of carbonyl (C=O) groups is 1. The summed E-state index contributed by atoms with van der Waals surface area (Å²) in [6.45, 7) is 3.56. The molecule has 12 heteroatoms. The van der Waals surface area contributed by atoms with E-state index in [1.54, 1.807) is 24.3 Å². The Bertz CT molecular complexity index is 1420. The summed E-state index contributed by atoms with van der Waals surface area (Å²) in [5.41, 5.74) is 1.35. The molecule has 0 saturated carbocycles. The Morgan fingerprint density at radius 1 is 1.23 bits per heavy atom. The number of hydrogen-bond donors (Lipinski definition) is 1. The maximum Gasteiger partial charge on any atom is 0.268 e. The lowest BCUT2D eigenvalue weighted by atomic mass is 10.1. The molecule has 2 aromatic carbocycles. The SMILES string of the molecule is CC(C)S(=O)(=O)c1nsc(NC(=O)C(C#N)=Cc2ccc(OCc3ccc4c(c3)OCO4)cc2)n1. The highest BCUT2D eigenvalue weighted by molar-refractivity contribution is 7.91. The molecular weight excluding hydrogens is 492 g/mol. The molecule has 1 amide bonds. The smallest absolute Gasteiger partial charge is 0.268 e. The summed E-state index contributed by atoms with van der Waals surface area (Å²) in [5.74, 6) is 1.27. The standard InChI is InChI=1S/C23H20N4O6S2/c1-14(2)35(29,30)23-26-22(34-27-23)25-21(28)17(11-24)9-15-3-6-18(7-4-15)31-12-16-5-8-19-20(10-16)33-13-32-19/h3-10,14H,12-13H2,1-2H3,(H,25,26,27,28). The molecule has 10 nitrogen and oxygen atoms in total. The molecule has 180 valence electrons. The van der Waals surface area contributed by atoms with E-state index in [1.165, 1.54) is 19.9 Å². The van der Waals surface area contributed by atoms with Crippen LogP contribution in [0.1, 0.15) is 25.0 Å². The molecule has 0 fully saturated rings. The van der Waals surface area contributed by atoms with E-state index < -0.39 is 21.0 Å². The molecular formula is C23H20N4O6S2.